The average Bonchev–Trinajstić information content (AvgIpc) is 2.23. The van der Waals surface area contributed by atoms with Crippen LogP contribution in [0.25, 0.3) is 0 Å². The minimum Gasteiger partial charge on any atom is -0.476 e. The van der Waals surface area contributed by atoms with Gasteiger partial charge in [-0.05, 0) is 33.3 Å². The van der Waals surface area contributed by atoms with Crippen molar-refractivity contribution in [2.75, 3.05) is 12.3 Å². The summed E-state index contributed by atoms with van der Waals surface area (Å²) in [6.45, 7) is 8.54. The lowest BCUT2D eigenvalue weighted by atomic mass is 10.1. The maximum Gasteiger partial charge on any atom is 0.240 e. The first-order chi connectivity index (χ1) is 7.48. The van der Waals surface area contributed by atoms with Crippen LogP contribution in [0.4, 0.5) is 5.69 Å². The van der Waals surface area contributed by atoms with Crippen LogP contribution in [0.1, 0.15) is 34.1 Å². The topological polar surface area (TPSA) is 57.4 Å². The molecule has 0 aliphatic heterocycles. The lowest BCUT2D eigenvalue weighted by Gasteiger charge is -2.24. The number of nitrogens with zero attached hydrogens (tertiary/aromatic N) is 1. The molecule has 0 saturated carbocycles. The van der Waals surface area contributed by atoms with Gasteiger partial charge in [-0.1, -0.05) is 6.92 Å². The monoisotopic (exact) mass is 224 g/mol. The molecule has 0 aliphatic carbocycles. The molecule has 0 amide bonds. The Morgan fingerprint density at radius 3 is 2.56 bits per heavy atom. The number of pyridine rings is 1. The number of rotatable bonds is 5. The second kappa shape index (κ2) is 5.05. The Hall–Kier alpha value is -1.45. The van der Waals surface area contributed by atoms with E-state index in [1.165, 1.54) is 0 Å². The normalized spacial score (nSPS) is 11.2. The van der Waals surface area contributed by atoms with E-state index in [1.807, 2.05) is 20.8 Å². The van der Waals surface area contributed by atoms with E-state index in [0.717, 1.165) is 6.42 Å². The van der Waals surface area contributed by atoms with Crippen molar-refractivity contribution in [3.05, 3.63) is 12.1 Å². The molecule has 1 aromatic rings. The summed E-state index contributed by atoms with van der Waals surface area (Å²) < 4.78 is 11.1. The van der Waals surface area contributed by atoms with Crippen molar-refractivity contribution in [1.82, 2.24) is 4.98 Å². The molecule has 0 bridgehead atoms. The van der Waals surface area contributed by atoms with Gasteiger partial charge in [-0.3, -0.25) is 0 Å². The van der Waals surface area contributed by atoms with Crippen LogP contribution in [0.2, 0.25) is 0 Å². The zero-order valence-corrected chi connectivity index (χ0v) is 10.4. The van der Waals surface area contributed by atoms with Crippen LogP contribution in [-0.2, 0) is 0 Å². The lowest BCUT2D eigenvalue weighted by molar-refractivity contribution is 0.0979. The second-order valence-electron chi connectivity index (χ2n) is 4.19. The molecule has 0 aromatic carbocycles. The van der Waals surface area contributed by atoms with Gasteiger partial charge in [0.15, 0.2) is 0 Å². The van der Waals surface area contributed by atoms with Crippen molar-refractivity contribution in [2.45, 2.75) is 39.7 Å². The fourth-order valence-electron chi connectivity index (χ4n) is 1.10. The van der Waals surface area contributed by atoms with Gasteiger partial charge in [0.25, 0.3) is 0 Å². The molecule has 2 N–H and O–H groups in total. The summed E-state index contributed by atoms with van der Waals surface area (Å²) in [7, 11) is 0. The van der Waals surface area contributed by atoms with Crippen molar-refractivity contribution in [3.8, 4) is 11.8 Å². The molecule has 1 aromatic heterocycles. The Balaban J connectivity index is 2.86. The summed E-state index contributed by atoms with van der Waals surface area (Å²) in [5.41, 5.74) is 6.03. The summed E-state index contributed by atoms with van der Waals surface area (Å²) >= 11 is 0. The summed E-state index contributed by atoms with van der Waals surface area (Å²) in [6.07, 6.45) is 0.906. The zero-order valence-electron chi connectivity index (χ0n) is 10.4. The van der Waals surface area contributed by atoms with E-state index in [0.29, 0.717) is 24.1 Å². The van der Waals surface area contributed by atoms with Crippen molar-refractivity contribution in [1.29, 1.82) is 0 Å². The third-order valence-electron chi connectivity index (χ3n) is 2.38. The molecule has 1 rings (SSSR count). The van der Waals surface area contributed by atoms with E-state index in [1.54, 1.807) is 12.1 Å². The molecule has 0 atom stereocenters. The fraction of sp³-hybridized carbons (Fsp3) is 0.583. The number of nitrogens with two attached hydrogens (primary N) is 1. The Morgan fingerprint density at radius 2 is 2.00 bits per heavy atom. The van der Waals surface area contributed by atoms with Crippen molar-refractivity contribution in [2.24, 2.45) is 0 Å². The third-order valence-corrected chi connectivity index (χ3v) is 2.38. The molecule has 0 radical (unpaired) electrons. The van der Waals surface area contributed by atoms with Crippen LogP contribution in [0.5, 0.6) is 11.8 Å². The predicted octanol–water partition coefficient (Wildman–Crippen LogP) is 2.63. The largest absolute Gasteiger partial charge is 0.476 e. The van der Waals surface area contributed by atoms with Gasteiger partial charge < -0.3 is 15.2 Å². The van der Waals surface area contributed by atoms with Crippen molar-refractivity contribution < 1.29 is 9.47 Å². The average molecular weight is 224 g/mol. The van der Waals surface area contributed by atoms with E-state index >= 15 is 0 Å². The summed E-state index contributed by atoms with van der Waals surface area (Å²) in [6, 6.07) is 3.51. The minimum absolute atomic E-state index is 0.230. The van der Waals surface area contributed by atoms with Crippen LogP contribution < -0.4 is 15.2 Å². The first-order valence-electron chi connectivity index (χ1n) is 5.57. The van der Waals surface area contributed by atoms with E-state index in [-0.39, 0.29) is 5.60 Å². The van der Waals surface area contributed by atoms with Crippen LogP contribution in [0.3, 0.4) is 0 Å². The smallest absolute Gasteiger partial charge is 0.240 e. The summed E-state index contributed by atoms with van der Waals surface area (Å²) in [5.74, 6) is 0.983. The molecule has 0 spiro atoms. The number of aromatic nitrogens is 1. The van der Waals surface area contributed by atoms with Crippen molar-refractivity contribution >= 4 is 5.69 Å². The number of hydrogen-bond donors (Lipinski definition) is 1. The molecule has 0 fully saturated rings. The zero-order chi connectivity index (χ0) is 12.2. The highest BCUT2D eigenvalue weighted by molar-refractivity contribution is 5.49. The summed E-state index contributed by atoms with van der Waals surface area (Å²) in [5, 5.41) is 0. The molecule has 1 heterocycles. The van der Waals surface area contributed by atoms with Crippen LogP contribution in [0.15, 0.2) is 12.1 Å². The Kier molecular flexibility index (Phi) is 3.99. The number of hydrogen-bond acceptors (Lipinski definition) is 4. The Morgan fingerprint density at radius 1 is 1.31 bits per heavy atom. The van der Waals surface area contributed by atoms with E-state index in [2.05, 4.69) is 11.9 Å². The number of anilines is 1. The molecule has 90 valence electrons. The van der Waals surface area contributed by atoms with E-state index in [9.17, 15) is 0 Å². The first-order valence-corrected chi connectivity index (χ1v) is 5.57. The highest BCUT2D eigenvalue weighted by atomic mass is 16.5. The first kappa shape index (κ1) is 12.6. The predicted molar refractivity (Wildman–Crippen MR) is 64.8 cm³/mol. The molecular formula is C12H20N2O2. The van der Waals surface area contributed by atoms with Gasteiger partial charge in [-0.2, -0.15) is 4.98 Å². The third kappa shape index (κ3) is 3.29. The minimum atomic E-state index is -0.230. The highest BCUT2D eigenvalue weighted by Crippen LogP contribution is 2.25. The standard InChI is InChI=1S/C12H20N2O2/c1-5-12(3,4)16-10-8-7-9(13)11(14-10)15-6-2/h7-8H,5-6,13H2,1-4H3. The Labute approximate surface area is 96.8 Å². The Bertz CT molecular complexity index is 351. The molecule has 0 unspecified atom stereocenters. The fourth-order valence-corrected chi connectivity index (χ4v) is 1.10. The summed E-state index contributed by atoms with van der Waals surface area (Å²) in [4.78, 5) is 4.23. The van der Waals surface area contributed by atoms with Gasteiger partial charge in [-0.25, -0.2) is 0 Å². The number of nitrogen functional groups attached to an aromatic ring is 1. The molecule has 4 heteroatoms. The molecule has 4 nitrogen and oxygen atoms in total. The number of ether oxygens (including phenoxy) is 2. The maximum atomic E-state index is 5.75. The van der Waals surface area contributed by atoms with Gasteiger partial charge in [0, 0.05) is 6.07 Å². The SMILES string of the molecule is CCOc1nc(OC(C)(C)CC)ccc1N. The maximum absolute atomic E-state index is 5.75. The van der Waals surface area contributed by atoms with Crippen LogP contribution in [0, 0.1) is 0 Å². The second-order valence-corrected chi connectivity index (χ2v) is 4.19. The van der Waals surface area contributed by atoms with E-state index in [4.69, 9.17) is 15.2 Å². The van der Waals surface area contributed by atoms with E-state index < -0.39 is 0 Å². The molecule has 16 heavy (non-hydrogen) atoms. The molecule has 0 saturated heterocycles. The van der Waals surface area contributed by atoms with Crippen molar-refractivity contribution in [3.63, 3.8) is 0 Å². The van der Waals surface area contributed by atoms with Crippen LogP contribution >= 0.6 is 0 Å². The van der Waals surface area contributed by atoms with Gasteiger partial charge in [0.1, 0.15) is 5.60 Å². The van der Waals surface area contributed by atoms with Gasteiger partial charge >= 0.3 is 0 Å². The van der Waals surface area contributed by atoms with Crippen LogP contribution in [-0.4, -0.2) is 17.2 Å². The van der Waals surface area contributed by atoms with Gasteiger partial charge in [0.05, 0.1) is 12.3 Å². The lowest BCUT2D eigenvalue weighted by Crippen LogP contribution is -2.27. The molecule has 0 aliphatic rings. The quantitative estimate of drug-likeness (QED) is 0.835. The highest BCUT2D eigenvalue weighted by Gasteiger charge is 2.18. The van der Waals surface area contributed by atoms with Gasteiger partial charge in [0.2, 0.25) is 11.8 Å². The van der Waals surface area contributed by atoms with Gasteiger partial charge in [-0.15, -0.1) is 0 Å². The molecular weight excluding hydrogens is 204 g/mol.